The van der Waals surface area contributed by atoms with Gasteiger partial charge in [0.25, 0.3) is 0 Å². The van der Waals surface area contributed by atoms with Gasteiger partial charge < -0.3 is 9.80 Å². The maximum absolute atomic E-state index is 13.5. The number of carbonyl (C=O) groups is 1. The number of anilines is 1. The zero-order chi connectivity index (χ0) is 23.1. The lowest BCUT2D eigenvalue weighted by molar-refractivity contribution is -0.139. The normalized spacial score (nSPS) is 22.2. The zero-order valence-corrected chi connectivity index (χ0v) is 19.6. The first-order valence-corrected chi connectivity index (χ1v) is 13.6. The Morgan fingerprint density at radius 2 is 1.81 bits per heavy atom. The first kappa shape index (κ1) is 23.1. The summed E-state index contributed by atoms with van der Waals surface area (Å²) in [5, 5.41) is 0. The zero-order valence-electron chi connectivity index (χ0n) is 18.0. The van der Waals surface area contributed by atoms with Crippen LogP contribution in [0.15, 0.2) is 24.5 Å². The van der Waals surface area contributed by atoms with E-state index in [4.69, 9.17) is 0 Å². The SMILES string of the molecule is C=S1(=C)CCC(C(=O)N2CCN(c3ncc(C(F)(F)F)cn3)CC2c2ccc(C)s2)CC1. The molecule has 1 amide bonds. The van der Waals surface area contributed by atoms with E-state index in [2.05, 4.69) is 21.7 Å². The standard InChI is InChI=1S/C22H27F3N4OS2/c1-15-4-5-19(31-15)18-14-28(21-26-12-17(13-27-21)22(23,24)25)8-9-29(18)20(30)16-6-10-32(2,3)11-7-16/h4-5,12-13,16,18H,2-3,6-11,14H2,1H3. The van der Waals surface area contributed by atoms with Gasteiger partial charge in [-0.15, -0.1) is 11.3 Å². The van der Waals surface area contributed by atoms with Gasteiger partial charge in [0.1, 0.15) is 0 Å². The molecule has 0 saturated carbocycles. The number of thiophene rings is 1. The quantitative estimate of drug-likeness (QED) is 0.609. The first-order valence-electron chi connectivity index (χ1n) is 10.5. The van der Waals surface area contributed by atoms with Crippen molar-refractivity contribution < 1.29 is 18.0 Å². The topological polar surface area (TPSA) is 49.3 Å². The van der Waals surface area contributed by atoms with E-state index in [0.29, 0.717) is 19.6 Å². The van der Waals surface area contributed by atoms with Gasteiger partial charge in [-0.3, -0.25) is 4.79 Å². The van der Waals surface area contributed by atoms with Crippen molar-refractivity contribution in [2.75, 3.05) is 36.0 Å². The Morgan fingerprint density at radius 3 is 2.38 bits per heavy atom. The Hall–Kier alpha value is -2.07. The Labute approximate surface area is 190 Å². The van der Waals surface area contributed by atoms with Crippen LogP contribution in [0.25, 0.3) is 0 Å². The number of halogens is 3. The molecule has 32 heavy (non-hydrogen) atoms. The lowest BCUT2D eigenvalue weighted by atomic mass is 9.98. The summed E-state index contributed by atoms with van der Waals surface area (Å²) in [5.74, 6) is 10.7. The van der Waals surface area contributed by atoms with E-state index in [1.165, 1.54) is 0 Å². The summed E-state index contributed by atoms with van der Waals surface area (Å²) < 4.78 is 38.6. The predicted molar refractivity (Wildman–Crippen MR) is 127 cm³/mol. The number of rotatable bonds is 3. The van der Waals surface area contributed by atoms with Gasteiger partial charge >= 0.3 is 6.18 Å². The van der Waals surface area contributed by atoms with Crippen molar-refractivity contribution in [1.82, 2.24) is 14.9 Å². The Balaban J connectivity index is 1.55. The summed E-state index contributed by atoms with van der Waals surface area (Å²) in [6, 6.07) is 3.88. The van der Waals surface area contributed by atoms with Crippen LogP contribution < -0.4 is 4.90 Å². The van der Waals surface area contributed by atoms with Crippen LogP contribution in [0.3, 0.4) is 0 Å². The lowest BCUT2D eigenvalue weighted by Crippen LogP contribution is -2.52. The fourth-order valence-corrected chi connectivity index (χ4v) is 7.00. The molecule has 5 nitrogen and oxygen atoms in total. The molecule has 1 atom stereocenters. The number of amides is 1. The fourth-order valence-electron chi connectivity index (χ4n) is 4.25. The van der Waals surface area contributed by atoms with Gasteiger partial charge in [-0.2, -0.15) is 13.2 Å². The Kier molecular flexibility index (Phi) is 6.28. The molecule has 2 fully saturated rings. The van der Waals surface area contributed by atoms with Crippen molar-refractivity contribution in [1.29, 1.82) is 0 Å². The summed E-state index contributed by atoms with van der Waals surface area (Å²) in [5.41, 5.74) is -0.869. The third kappa shape index (κ3) is 4.96. The van der Waals surface area contributed by atoms with Crippen molar-refractivity contribution in [2.45, 2.75) is 32.0 Å². The number of hydrogen-bond acceptors (Lipinski definition) is 5. The molecule has 2 aromatic heterocycles. The van der Waals surface area contributed by atoms with Crippen LogP contribution in [-0.2, 0) is 11.0 Å². The molecule has 0 N–H and O–H groups in total. The number of nitrogens with zero attached hydrogens (tertiary/aromatic N) is 4. The molecule has 2 aliphatic rings. The number of alkyl halides is 3. The second kappa shape index (κ2) is 8.70. The van der Waals surface area contributed by atoms with Crippen LogP contribution in [0.1, 0.15) is 34.2 Å². The molecule has 10 heteroatoms. The smallest absolute Gasteiger partial charge is 0.337 e. The Morgan fingerprint density at radius 1 is 1.16 bits per heavy atom. The van der Waals surface area contributed by atoms with Crippen molar-refractivity contribution >= 4 is 44.1 Å². The van der Waals surface area contributed by atoms with Crippen LogP contribution in [0.4, 0.5) is 19.1 Å². The molecule has 2 aliphatic heterocycles. The third-order valence-electron chi connectivity index (χ3n) is 6.15. The van der Waals surface area contributed by atoms with E-state index in [1.54, 1.807) is 11.3 Å². The van der Waals surface area contributed by atoms with E-state index < -0.39 is 20.9 Å². The van der Waals surface area contributed by atoms with Gasteiger partial charge in [-0.25, -0.2) is 19.2 Å². The van der Waals surface area contributed by atoms with Crippen LogP contribution in [0.5, 0.6) is 0 Å². The second-order valence-corrected chi connectivity index (χ2v) is 13.2. The predicted octanol–water partition coefficient (Wildman–Crippen LogP) is 4.33. The van der Waals surface area contributed by atoms with Crippen LogP contribution in [0.2, 0.25) is 0 Å². The minimum Gasteiger partial charge on any atom is -0.337 e. The molecule has 2 saturated heterocycles. The summed E-state index contributed by atoms with van der Waals surface area (Å²) in [6.07, 6.45) is -1.20. The van der Waals surface area contributed by atoms with E-state index in [0.717, 1.165) is 46.5 Å². The average molecular weight is 485 g/mol. The highest BCUT2D eigenvalue weighted by Crippen LogP contribution is 2.37. The number of aryl methyl sites for hydroxylation is 1. The van der Waals surface area contributed by atoms with Crippen LogP contribution in [-0.4, -0.2) is 63.7 Å². The van der Waals surface area contributed by atoms with E-state index in [-0.39, 0.29) is 23.8 Å². The van der Waals surface area contributed by atoms with Gasteiger partial charge in [0.05, 0.1) is 11.6 Å². The molecular formula is C22H27F3N4OS2. The molecule has 0 spiro atoms. The van der Waals surface area contributed by atoms with Crippen LogP contribution in [0, 0.1) is 12.8 Å². The molecule has 0 bridgehead atoms. The molecule has 0 aliphatic carbocycles. The molecular weight excluding hydrogens is 457 g/mol. The second-order valence-electron chi connectivity index (χ2n) is 8.62. The number of piperazine rings is 1. The minimum atomic E-state index is -4.47. The lowest BCUT2D eigenvalue weighted by Gasteiger charge is -2.43. The maximum atomic E-state index is 13.5. The van der Waals surface area contributed by atoms with Crippen molar-refractivity contribution in [3.8, 4) is 0 Å². The molecule has 174 valence electrons. The number of aromatic nitrogens is 2. The summed E-state index contributed by atoms with van der Waals surface area (Å²) >= 11 is 1.64. The van der Waals surface area contributed by atoms with Gasteiger partial charge in [0.15, 0.2) is 0 Å². The van der Waals surface area contributed by atoms with E-state index in [1.807, 2.05) is 28.9 Å². The Bertz CT molecular complexity index is 1070. The van der Waals surface area contributed by atoms with Crippen molar-refractivity contribution in [2.24, 2.45) is 5.92 Å². The van der Waals surface area contributed by atoms with Crippen LogP contribution >= 0.6 is 20.5 Å². The molecule has 2 aromatic rings. The number of hydrogen-bond donors (Lipinski definition) is 0. The highest BCUT2D eigenvalue weighted by atomic mass is 32.2. The minimum absolute atomic E-state index is 0.0171. The molecule has 0 radical (unpaired) electrons. The summed E-state index contributed by atoms with van der Waals surface area (Å²) in [4.78, 5) is 27.4. The van der Waals surface area contributed by atoms with E-state index in [9.17, 15) is 18.0 Å². The first-order chi connectivity index (χ1) is 15.0. The highest BCUT2D eigenvalue weighted by molar-refractivity contribution is 8.27. The maximum Gasteiger partial charge on any atom is 0.419 e. The number of carbonyl (C=O) groups excluding carboxylic acids is 1. The molecule has 0 aromatic carbocycles. The fraction of sp³-hybridized carbons (Fsp3) is 0.500. The van der Waals surface area contributed by atoms with Gasteiger partial charge in [0.2, 0.25) is 11.9 Å². The molecule has 1 unspecified atom stereocenters. The monoisotopic (exact) mass is 484 g/mol. The van der Waals surface area contributed by atoms with Crippen molar-refractivity contribution in [3.05, 3.63) is 39.8 Å². The summed E-state index contributed by atoms with van der Waals surface area (Å²) in [6.45, 7) is 3.42. The average Bonchev–Trinajstić information content (AvgIpc) is 3.18. The summed E-state index contributed by atoms with van der Waals surface area (Å²) in [7, 11) is -1.07. The highest BCUT2D eigenvalue weighted by Gasteiger charge is 2.37. The van der Waals surface area contributed by atoms with Gasteiger partial charge in [-0.1, -0.05) is 11.7 Å². The molecule has 4 rings (SSSR count). The van der Waals surface area contributed by atoms with Crippen molar-refractivity contribution in [3.63, 3.8) is 0 Å². The third-order valence-corrected chi connectivity index (χ3v) is 9.45. The van der Waals surface area contributed by atoms with E-state index >= 15 is 0 Å². The molecule has 4 heterocycles. The largest absolute Gasteiger partial charge is 0.419 e. The van der Waals surface area contributed by atoms with Gasteiger partial charge in [0, 0.05) is 47.7 Å². The van der Waals surface area contributed by atoms with Gasteiger partial charge in [-0.05, 0) is 43.4 Å².